The summed E-state index contributed by atoms with van der Waals surface area (Å²) in [5.74, 6) is -4.61. The first-order valence-corrected chi connectivity index (χ1v) is 13.0. The Bertz CT molecular complexity index is 1740. The quantitative estimate of drug-likeness (QED) is 0.282. The Hall–Kier alpha value is -6.10. The molecular weight excluding hydrogens is 556 g/mol. The Kier molecular flexibility index (Phi) is 7.31. The van der Waals surface area contributed by atoms with Gasteiger partial charge in [0.1, 0.15) is 11.5 Å². The predicted octanol–water partition coefficient (Wildman–Crippen LogP) is 5.50. The van der Waals surface area contributed by atoms with Crippen molar-refractivity contribution in [2.45, 2.75) is 13.8 Å². The molecule has 2 N–H and O–H groups in total. The van der Waals surface area contributed by atoms with Crippen LogP contribution in [0.2, 0.25) is 0 Å². The van der Waals surface area contributed by atoms with E-state index in [0.717, 1.165) is 9.80 Å². The summed E-state index contributed by atoms with van der Waals surface area (Å²) in [5.41, 5.74) is 0.365. The number of nitrogens with zero attached hydrogens (tertiary/aromatic N) is 2. The molecule has 11 nitrogen and oxygen atoms in total. The number of ether oxygens (including phenoxy) is 1. The molecule has 11 heteroatoms. The van der Waals surface area contributed by atoms with Gasteiger partial charge in [0, 0.05) is 0 Å². The van der Waals surface area contributed by atoms with Crippen LogP contribution in [0.3, 0.4) is 0 Å². The Morgan fingerprint density at radius 2 is 0.907 bits per heavy atom. The number of imide groups is 2. The van der Waals surface area contributed by atoms with E-state index in [1.165, 1.54) is 84.9 Å². The largest absolute Gasteiger partial charge is 0.478 e. The summed E-state index contributed by atoms with van der Waals surface area (Å²) in [6.07, 6.45) is 0. The van der Waals surface area contributed by atoms with Crippen molar-refractivity contribution in [2.24, 2.45) is 0 Å². The predicted molar refractivity (Wildman–Crippen MR) is 153 cm³/mol. The number of amides is 4. The van der Waals surface area contributed by atoms with Crippen molar-refractivity contribution in [3.63, 3.8) is 0 Å². The number of aromatic carboxylic acids is 2. The summed E-state index contributed by atoms with van der Waals surface area (Å²) < 4.78 is 5.86. The number of carbonyl (C=O) groups excluding carboxylic acids is 4. The molecule has 0 fully saturated rings. The summed E-state index contributed by atoms with van der Waals surface area (Å²) >= 11 is 0. The second kappa shape index (κ2) is 11.1. The van der Waals surface area contributed by atoms with Crippen LogP contribution in [-0.4, -0.2) is 45.8 Å². The summed E-state index contributed by atoms with van der Waals surface area (Å²) in [6.45, 7) is 4.00. The molecule has 4 amide bonds. The molecule has 214 valence electrons. The topological polar surface area (TPSA) is 159 Å². The first kappa shape index (κ1) is 28.4. The van der Waals surface area contributed by atoms with Gasteiger partial charge in [-0.25, -0.2) is 19.4 Å². The van der Waals surface area contributed by atoms with Gasteiger partial charge < -0.3 is 14.9 Å². The smallest absolute Gasteiger partial charge is 0.335 e. The zero-order valence-corrected chi connectivity index (χ0v) is 22.7. The average Bonchev–Trinajstić information content (AvgIpc) is 3.41. The molecule has 0 atom stereocenters. The van der Waals surface area contributed by atoms with E-state index in [0.29, 0.717) is 0 Å². The molecule has 0 saturated carbocycles. The van der Waals surface area contributed by atoms with Crippen molar-refractivity contribution in [1.29, 1.82) is 0 Å². The van der Waals surface area contributed by atoms with Gasteiger partial charge in [0.15, 0.2) is 0 Å². The second-order valence-electron chi connectivity index (χ2n) is 9.12. The number of carboxylic acid groups (broad SMARTS) is 2. The molecule has 0 radical (unpaired) electrons. The molecule has 4 aromatic carbocycles. The van der Waals surface area contributed by atoms with Crippen molar-refractivity contribution < 1.29 is 43.7 Å². The number of rotatable bonds is 6. The van der Waals surface area contributed by atoms with E-state index in [2.05, 4.69) is 0 Å². The van der Waals surface area contributed by atoms with Gasteiger partial charge >= 0.3 is 11.9 Å². The summed E-state index contributed by atoms with van der Waals surface area (Å²) in [7, 11) is 0. The Morgan fingerprint density at radius 3 is 1.28 bits per heavy atom. The van der Waals surface area contributed by atoms with Crippen molar-refractivity contribution in [1.82, 2.24) is 0 Å². The van der Waals surface area contributed by atoms with Gasteiger partial charge in [-0.05, 0) is 72.8 Å². The minimum absolute atomic E-state index is 0.0464. The number of benzene rings is 4. The molecule has 2 heterocycles. The van der Waals surface area contributed by atoms with Crippen molar-refractivity contribution >= 4 is 46.9 Å². The third-order valence-electron chi connectivity index (χ3n) is 6.65. The van der Waals surface area contributed by atoms with E-state index in [4.69, 9.17) is 4.74 Å². The van der Waals surface area contributed by atoms with E-state index in [1.54, 1.807) is 0 Å². The summed E-state index contributed by atoms with van der Waals surface area (Å²) in [6, 6.07) is 19.4. The highest BCUT2D eigenvalue weighted by molar-refractivity contribution is 6.35. The molecule has 0 aliphatic carbocycles. The lowest BCUT2D eigenvalue weighted by Gasteiger charge is -2.14. The van der Waals surface area contributed by atoms with Crippen LogP contribution in [0, 0.1) is 0 Å². The van der Waals surface area contributed by atoms with Crippen molar-refractivity contribution in [3.8, 4) is 11.5 Å². The summed E-state index contributed by atoms with van der Waals surface area (Å²) in [4.78, 5) is 76.7. The number of anilines is 2. The van der Waals surface area contributed by atoms with Gasteiger partial charge in [0.2, 0.25) is 0 Å². The minimum atomic E-state index is -1.20. The normalized spacial score (nSPS) is 13.3. The minimum Gasteiger partial charge on any atom is -0.478 e. The molecule has 0 spiro atoms. The van der Waals surface area contributed by atoms with Gasteiger partial charge in [-0.15, -0.1) is 0 Å². The van der Waals surface area contributed by atoms with Crippen LogP contribution in [0.5, 0.6) is 11.5 Å². The van der Waals surface area contributed by atoms with E-state index < -0.39 is 35.6 Å². The lowest BCUT2D eigenvalue weighted by atomic mass is 10.1. The van der Waals surface area contributed by atoms with Gasteiger partial charge in [0.25, 0.3) is 23.6 Å². The Balaban J connectivity index is 0.00000180. The van der Waals surface area contributed by atoms with Crippen LogP contribution in [0.15, 0.2) is 84.9 Å². The van der Waals surface area contributed by atoms with Crippen LogP contribution in [-0.2, 0) is 0 Å². The highest BCUT2D eigenvalue weighted by atomic mass is 16.5. The number of fused-ring (bicyclic) bond motifs is 2. The lowest BCUT2D eigenvalue weighted by molar-refractivity contribution is 0.0686. The molecule has 43 heavy (non-hydrogen) atoms. The summed E-state index contributed by atoms with van der Waals surface area (Å²) in [5, 5.41) is 18.5. The first-order valence-electron chi connectivity index (χ1n) is 13.0. The molecule has 4 aromatic rings. The van der Waals surface area contributed by atoms with Gasteiger partial charge in [-0.2, -0.15) is 0 Å². The van der Waals surface area contributed by atoms with E-state index in [9.17, 15) is 39.0 Å². The SMILES string of the molecule is CC.O=C(O)c1cccc(N2C(=O)c3ccc(Oc4ccc5c(c4)C(=O)N(c4cccc(C(=O)O)c4)C5=O)cc3C2=O)c1. The third kappa shape index (κ3) is 4.88. The van der Waals surface area contributed by atoms with Crippen LogP contribution in [0.4, 0.5) is 11.4 Å². The molecular formula is C32H22N2O9. The second-order valence-corrected chi connectivity index (χ2v) is 9.12. The van der Waals surface area contributed by atoms with Crippen molar-refractivity contribution in [2.75, 3.05) is 9.80 Å². The lowest BCUT2D eigenvalue weighted by Crippen LogP contribution is -2.29. The fourth-order valence-corrected chi connectivity index (χ4v) is 4.73. The standard InChI is InChI=1S/C30H16N2O9.C2H6/c33-25-21-9-7-19(13-23(21)27(35)31(25)17-5-1-3-15(11-17)29(37)38)41-20-8-10-22-24(14-20)28(36)32(26(22)34)18-6-2-4-16(12-18)30(39)40;1-2/h1-14H,(H,37,38)(H,39,40);1-2H3. The number of hydrogen-bond acceptors (Lipinski definition) is 7. The van der Waals surface area contributed by atoms with E-state index in [1.807, 2.05) is 13.8 Å². The number of carboxylic acids is 2. The van der Waals surface area contributed by atoms with E-state index in [-0.39, 0.29) is 56.3 Å². The van der Waals surface area contributed by atoms with Gasteiger partial charge in [-0.3, -0.25) is 19.2 Å². The zero-order valence-electron chi connectivity index (χ0n) is 22.7. The maximum Gasteiger partial charge on any atom is 0.335 e. The number of hydrogen-bond donors (Lipinski definition) is 2. The molecule has 0 bridgehead atoms. The number of carbonyl (C=O) groups is 6. The van der Waals surface area contributed by atoms with Crippen LogP contribution in [0.1, 0.15) is 76.0 Å². The van der Waals surface area contributed by atoms with Crippen LogP contribution >= 0.6 is 0 Å². The van der Waals surface area contributed by atoms with Gasteiger partial charge in [-0.1, -0.05) is 26.0 Å². The zero-order chi connectivity index (χ0) is 31.0. The highest BCUT2D eigenvalue weighted by Gasteiger charge is 2.39. The third-order valence-corrected chi connectivity index (χ3v) is 6.65. The van der Waals surface area contributed by atoms with Crippen LogP contribution < -0.4 is 14.5 Å². The van der Waals surface area contributed by atoms with Crippen molar-refractivity contribution in [3.05, 3.63) is 118 Å². The Labute approximate surface area is 244 Å². The molecule has 2 aliphatic heterocycles. The molecule has 0 unspecified atom stereocenters. The first-order chi connectivity index (χ1) is 20.6. The fourth-order valence-electron chi connectivity index (χ4n) is 4.73. The monoisotopic (exact) mass is 578 g/mol. The molecule has 0 saturated heterocycles. The van der Waals surface area contributed by atoms with Crippen LogP contribution in [0.25, 0.3) is 0 Å². The highest BCUT2D eigenvalue weighted by Crippen LogP contribution is 2.35. The molecule has 2 aliphatic rings. The maximum atomic E-state index is 13.1. The molecule has 0 aromatic heterocycles. The Morgan fingerprint density at radius 1 is 0.535 bits per heavy atom. The molecule has 6 rings (SSSR count). The van der Waals surface area contributed by atoms with Gasteiger partial charge in [0.05, 0.1) is 44.8 Å². The average molecular weight is 579 g/mol. The maximum absolute atomic E-state index is 13.1. The van der Waals surface area contributed by atoms with E-state index >= 15 is 0 Å². The fraction of sp³-hybridized carbons (Fsp3) is 0.0625.